The molecule has 1 aliphatic carbocycles. The lowest BCUT2D eigenvalue weighted by atomic mass is 9.76. The minimum Gasteiger partial charge on any atom is -0.377 e. The van der Waals surface area contributed by atoms with E-state index in [1.54, 1.807) is 0 Å². The van der Waals surface area contributed by atoms with Crippen LogP contribution in [0, 0.1) is 5.92 Å². The average molecular weight is 408 g/mol. The molecule has 2 aliphatic heterocycles. The minimum atomic E-state index is 0.132. The second kappa shape index (κ2) is 7.51. The van der Waals surface area contributed by atoms with Crippen LogP contribution in [-0.4, -0.2) is 48.9 Å². The summed E-state index contributed by atoms with van der Waals surface area (Å²) in [5, 5.41) is 4.50. The molecule has 3 unspecified atom stereocenters. The number of fused-ring (bicyclic) bond motifs is 3. The van der Waals surface area contributed by atoms with Gasteiger partial charge in [0.15, 0.2) is 0 Å². The topological polar surface area (TPSA) is 35.6 Å². The normalized spacial score (nSPS) is 26.0. The third kappa shape index (κ3) is 3.34. The first-order valence-corrected chi connectivity index (χ1v) is 10.8. The van der Waals surface area contributed by atoms with Crippen LogP contribution >= 0.6 is 11.6 Å². The molecule has 0 spiro atoms. The van der Waals surface area contributed by atoms with Crippen LogP contribution in [-0.2, 0) is 0 Å². The van der Waals surface area contributed by atoms with Gasteiger partial charge in [0.05, 0.1) is 17.3 Å². The number of halogens is 1. The number of nitrogens with one attached hydrogen (secondary N) is 1. The quantitative estimate of drug-likeness (QED) is 0.741. The highest BCUT2D eigenvalue weighted by atomic mass is 35.5. The second-order valence-electron chi connectivity index (χ2n) is 8.40. The molecule has 4 nitrogen and oxygen atoms in total. The first kappa shape index (κ1) is 18.7. The van der Waals surface area contributed by atoms with Crippen LogP contribution in [0.15, 0.2) is 54.6 Å². The molecule has 3 atom stereocenters. The Balaban J connectivity index is 1.53. The van der Waals surface area contributed by atoms with E-state index in [1.807, 2.05) is 35.2 Å². The number of rotatable bonds is 2. The predicted molar refractivity (Wildman–Crippen MR) is 118 cm³/mol. The lowest BCUT2D eigenvalue weighted by Gasteiger charge is -2.39. The molecule has 3 aliphatic rings. The zero-order valence-corrected chi connectivity index (χ0v) is 17.4. The number of piperazine rings is 1. The summed E-state index contributed by atoms with van der Waals surface area (Å²) in [6, 6.07) is 14.4. The molecule has 1 fully saturated rings. The second-order valence-corrected chi connectivity index (χ2v) is 8.83. The molecule has 1 saturated heterocycles. The lowest BCUT2D eigenvalue weighted by Crippen LogP contribution is -2.47. The molecular formula is C24H26ClN3O. The van der Waals surface area contributed by atoms with Gasteiger partial charge >= 0.3 is 0 Å². The molecule has 0 bridgehead atoms. The highest BCUT2D eigenvalue weighted by Crippen LogP contribution is 2.50. The number of likely N-dealkylation sites (N-methyl/N-ethyl adjacent to an activating group) is 1. The van der Waals surface area contributed by atoms with E-state index in [0.717, 1.165) is 48.9 Å². The smallest absolute Gasteiger partial charge is 0.256 e. The van der Waals surface area contributed by atoms with Crippen molar-refractivity contribution in [3.8, 4) is 0 Å². The molecule has 2 aromatic rings. The number of allylic oxidation sites excluding steroid dienone is 2. The molecular weight excluding hydrogens is 382 g/mol. The van der Waals surface area contributed by atoms with Gasteiger partial charge in [0, 0.05) is 37.1 Å². The van der Waals surface area contributed by atoms with Crippen LogP contribution < -0.4 is 5.32 Å². The zero-order valence-electron chi connectivity index (χ0n) is 16.6. The van der Waals surface area contributed by atoms with E-state index in [2.05, 4.69) is 41.5 Å². The van der Waals surface area contributed by atoms with E-state index < -0.39 is 0 Å². The number of nitrogens with zero attached hydrogens (tertiary/aromatic N) is 2. The summed E-state index contributed by atoms with van der Waals surface area (Å²) < 4.78 is 0. The molecule has 5 rings (SSSR count). The van der Waals surface area contributed by atoms with Crippen LogP contribution in [0.5, 0.6) is 0 Å². The van der Waals surface area contributed by atoms with Crippen molar-refractivity contribution in [3.05, 3.63) is 76.3 Å². The van der Waals surface area contributed by atoms with E-state index in [1.165, 1.54) is 11.1 Å². The predicted octanol–water partition coefficient (Wildman–Crippen LogP) is 4.55. The molecule has 0 radical (unpaired) electrons. The maximum atomic E-state index is 13.4. The van der Waals surface area contributed by atoms with E-state index in [0.29, 0.717) is 11.8 Å². The van der Waals surface area contributed by atoms with Gasteiger partial charge in [-0.25, -0.2) is 0 Å². The van der Waals surface area contributed by atoms with Crippen LogP contribution in [0.4, 0.5) is 5.69 Å². The van der Waals surface area contributed by atoms with Crippen LogP contribution in [0.25, 0.3) is 0 Å². The number of hydrogen-bond donors (Lipinski definition) is 1. The van der Waals surface area contributed by atoms with Crippen LogP contribution in [0.2, 0.25) is 5.02 Å². The Morgan fingerprint density at radius 2 is 1.90 bits per heavy atom. The number of carbonyl (C=O) groups excluding carboxylic acids is 1. The van der Waals surface area contributed by atoms with Crippen molar-refractivity contribution in [2.45, 2.75) is 18.4 Å². The van der Waals surface area contributed by atoms with Crippen molar-refractivity contribution in [2.75, 3.05) is 38.5 Å². The minimum absolute atomic E-state index is 0.132. The van der Waals surface area contributed by atoms with E-state index in [9.17, 15) is 4.79 Å². The summed E-state index contributed by atoms with van der Waals surface area (Å²) >= 11 is 6.29. The monoisotopic (exact) mass is 407 g/mol. The molecule has 5 heteroatoms. The maximum Gasteiger partial charge on any atom is 0.256 e. The van der Waals surface area contributed by atoms with Crippen molar-refractivity contribution < 1.29 is 4.79 Å². The third-order valence-electron chi connectivity index (χ3n) is 6.63. The van der Waals surface area contributed by atoms with Gasteiger partial charge in [-0.1, -0.05) is 48.0 Å². The standard InChI is InChI=1S/C24H26ClN3O/c1-27-11-13-28(14-12-27)24(29)21-10-4-9-20-18-7-3-8-19(18)22(26-23(20)21)16-5-2-6-17(25)15-16/h2-7,9-10,15,18-19,22,26H,8,11-14H2,1H3. The molecule has 1 amide bonds. The number of para-hydroxylation sites is 1. The Labute approximate surface area is 177 Å². The van der Waals surface area contributed by atoms with Crippen molar-refractivity contribution >= 4 is 23.2 Å². The number of amides is 1. The Morgan fingerprint density at radius 1 is 1.10 bits per heavy atom. The molecule has 1 N–H and O–H groups in total. The van der Waals surface area contributed by atoms with Crippen molar-refractivity contribution in [3.63, 3.8) is 0 Å². The zero-order chi connectivity index (χ0) is 20.0. The van der Waals surface area contributed by atoms with Gasteiger partial charge in [-0.2, -0.15) is 0 Å². The van der Waals surface area contributed by atoms with Gasteiger partial charge in [-0.05, 0) is 48.7 Å². The van der Waals surface area contributed by atoms with E-state index in [4.69, 9.17) is 11.6 Å². The van der Waals surface area contributed by atoms with Crippen molar-refractivity contribution in [1.29, 1.82) is 0 Å². The Morgan fingerprint density at radius 3 is 2.69 bits per heavy atom. The molecule has 150 valence electrons. The summed E-state index contributed by atoms with van der Waals surface area (Å²) in [6.45, 7) is 3.41. The highest BCUT2D eigenvalue weighted by molar-refractivity contribution is 6.30. The van der Waals surface area contributed by atoms with Gasteiger partial charge < -0.3 is 15.1 Å². The summed E-state index contributed by atoms with van der Waals surface area (Å²) in [5.74, 6) is 0.901. The summed E-state index contributed by atoms with van der Waals surface area (Å²) in [4.78, 5) is 17.7. The van der Waals surface area contributed by atoms with Crippen LogP contribution in [0.3, 0.4) is 0 Å². The van der Waals surface area contributed by atoms with Gasteiger partial charge in [-0.15, -0.1) is 0 Å². The van der Waals surface area contributed by atoms with E-state index in [-0.39, 0.29) is 11.9 Å². The number of benzene rings is 2. The van der Waals surface area contributed by atoms with Gasteiger partial charge in [0.25, 0.3) is 5.91 Å². The number of hydrogen-bond acceptors (Lipinski definition) is 3. The average Bonchev–Trinajstić information content (AvgIpc) is 3.23. The number of anilines is 1. The lowest BCUT2D eigenvalue weighted by molar-refractivity contribution is 0.0664. The van der Waals surface area contributed by atoms with Crippen molar-refractivity contribution in [2.24, 2.45) is 5.92 Å². The fourth-order valence-electron chi connectivity index (χ4n) is 5.01. The molecule has 2 heterocycles. The molecule has 29 heavy (non-hydrogen) atoms. The Hall–Kier alpha value is -2.30. The largest absolute Gasteiger partial charge is 0.377 e. The van der Waals surface area contributed by atoms with Gasteiger partial charge in [-0.3, -0.25) is 4.79 Å². The third-order valence-corrected chi connectivity index (χ3v) is 6.86. The molecule has 0 aromatic heterocycles. The fourth-order valence-corrected chi connectivity index (χ4v) is 5.21. The number of carbonyl (C=O) groups is 1. The highest BCUT2D eigenvalue weighted by Gasteiger charge is 2.39. The fraction of sp³-hybridized carbons (Fsp3) is 0.375. The molecule has 2 aromatic carbocycles. The first-order valence-electron chi connectivity index (χ1n) is 10.4. The Bertz CT molecular complexity index is 964. The van der Waals surface area contributed by atoms with E-state index >= 15 is 0 Å². The summed E-state index contributed by atoms with van der Waals surface area (Å²) in [6.07, 6.45) is 5.62. The van der Waals surface area contributed by atoms with Gasteiger partial charge in [0.1, 0.15) is 0 Å². The van der Waals surface area contributed by atoms with Crippen LogP contribution in [0.1, 0.15) is 39.9 Å². The SMILES string of the molecule is CN1CCN(C(=O)c2cccc3c2NC(c2cccc(Cl)c2)C2CC=CC32)CC1. The summed E-state index contributed by atoms with van der Waals surface area (Å²) in [5.41, 5.74) is 4.21. The first-order chi connectivity index (χ1) is 14.1. The Kier molecular flexibility index (Phi) is 4.84. The molecule has 0 saturated carbocycles. The van der Waals surface area contributed by atoms with Crippen molar-refractivity contribution in [1.82, 2.24) is 9.80 Å². The summed E-state index contributed by atoms with van der Waals surface area (Å²) in [7, 11) is 2.11. The van der Waals surface area contributed by atoms with Gasteiger partial charge in [0.2, 0.25) is 0 Å². The maximum absolute atomic E-state index is 13.4.